The number of aryl methyl sites for hydroxylation is 2. The number of imidazole rings is 1. The summed E-state index contributed by atoms with van der Waals surface area (Å²) in [5.74, 6) is 0.383. The highest BCUT2D eigenvalue weighted by Crippen LogP contribution is 2.26. The van der Waals surface area contributed by atoms with E-state index in [1.165, 1.54) is 6.07 Å². The zero-order valence-electron chi connectivity index (χ0n) is 10.9. The van der Waals surface area contributed by atoms with Gasteiger partial charge in [0.2, 0.25) is 5.95 Å². The molecule has 19 heavy (non-hydrogen) atoms. The minimum Gasteiger partial charge on any atom is -0.325 e. The number of hydrogen-bond acceptors (Lipinski definition) is 2. The number of halogens is 2. The molecule has 0 atom stereocenters. The van der Waals surface area contributed by atoms with Crippen molar-refractivity contribution in [1.29, 1.82) is 0 Å². The molecular weight excluding hydrogens is 309 g/mol. The van der Waals surface area contributed by atoms with Gasteiger partial charge in [-0.15, -0.1) is 6.58 Å². The molecule has 5 heteroatoms. The number of aromatic nitrogens is 2. The fourth-order valence-electron chi connectivity index (χ4n) is 1.83. The van der Waals surface area contributed by atoms with Crippen LogP contribution in [0.15, 0.2) is 35.5 Å². The third-order valence-corrected chi connectivity index (χ3v) is 3.34. The van der Waals surface area contributed by atoms with Crippen LogP contribution in [0.2, 0.25) is 0 Å². The van der Waals surface area contributed by atoms with Crippen molar-refractivity contribution >= 4 is 27.6 Å². The molecular formula is C14H15BrFN3. The molecule has 0 saturated carbocycles. The molecule has 2 aromatic rings. The zero-order valence-corrected chi connectivity index (χ0v) is 12.5. The molecule has 0 aliphatic carbocycles. The predicted octanol–water partition coefficient (Wildman–Crippen LogP) is 4.33. The first-order valence-corrected chi connectivity index (χ1v) is 6.68. The SMILES string of the molecule is C=CCn1cc(C)nc1Nc1cc(F)c(Br)cc1C. The van der Waals surface area contributed by atoms with Gasteiger partial charge in [-0.3, -0.25) is 0 Å². The summed E-state index contributed by atoms with van der Waals surface area (Å²) in [7, 11) is 0. The van der Waals surface area contributed by atoms with E-state index >= 15 is 0 Å². The van der Waals surface area contributed by atoms with Gasteiger partial charge < -0.3 is 9.88 Å². The van der Waals surface area contributed by atoms with Crippen molar-refractivity contribution in [2.45, 2.75) is 20.4 Å². The van der Waals surface area contributed by atoms with Crippen molar-refractivity contribution < 1.29 is 4.39 Å². The highest BCUT2D eigenvalue weighted by molar-refractivity contribution is 9.10. The van der Waals surface area contributed by atoms with Gasteiger partial charge in [0.05, 0.1) is 10.2 Å². The first-order chi connectivity index (χ1) is 9.01. The van der Waals surface area contributed by atoms with Gasteiger partial charge in [-0.05, 0) is 47.5 Å². The van der Waals surface area contributed by atoms with E-state index in [0.29, 0.717) is 22.7 Å². The number of rotatable bonds is 4. The lowest BCUT2D eigenvalue weighted by atomic mass is 10.2. The Kier molecular flexibility index (Phi) is 4.04. The molecule has 100 valence electrons. The summed E-state index contributed by atoms with van der Waals surface area (Å²) in [6, 6.07) is 3.20. The number of nitrogens with zero attached hydrogens (tertiary/aromatic N) is 2. The van der Waals surface area contributed by atoms with Gasteiger partial charge in [0.15, 0.2) is 0 Å². The summed E-state index contributed by atoms with van der Waals surface area (Å²) in [6.07, 6.45) is 3.72. The van der Waals surface area contributed by atoms with Gasteiger partial charge in [-0.25, -0.2) is 9.37 Å². The summed E-state index contributed by atoms with van der Waals surface area (Å²) >= 11 is 3.17. The Bertz CT molecular complexity index is 619. The molecule has 0 unspecified atom stereocenters. The van der Waals surface area contributed by atoms with Gasteiger partial charge in [-0.2, -0.15) is 0 Å². The minimum absolute atomic E-state index is 0.299. The molecule has 0 amide bonds. The Morgan fingerprint density at radius 3 is 2.89 bits per heavy atom. The van der Waals surface area contributed by atoms with Crippen LogP contribution in [0.5, 0.6) is 0 Å². The summed E-state index contributed by atoms with van der Waals surface area (Å²) in [6.45, 7) is 8.20. The molecule has 1 heterocycles. The smallest absolute Gasteiger partial charge is 0.207 e. The van der Waals surface area contributed by atoms with E-state index in [-0.39, 0.29) is 5.82 Å². The second-order valence-electron chi connectivity index (χ2n) is 4.35. The van der Waals surface area contributed by atoms with E-state index in [2.05, 4.69) is 32.8 Å². The van der Waals surface area contributed by atoms with Crippen molar-refractivity contribution in [2.75, 3.05) is 5.32 Å². The molecule has 0 spiro atoms. The molecule has 1 aromatic heterocycles. The first-order valence-electron chi connectivity index (χ1n) is 5.88. The lowest BCUT2D eigenvalue weighted by Crippen LogP contribution is -2.03. The summed E-state index contributed by atoms with van der Waals surface area (Å²) < 4.78 is 16.0. The fraction of sp³-hybridized carbons (Fsp3) is 0.214. The van der Waals surface area contributed by atoms with Crippen molar-refractivity contribution in [3.63, 3.8) is 0 Å². The van der Waals surface area contributed by atoms with Crippen LogP contribution in [-0.4, -0.2) is 9.55 Å². The van der Waals surface area contributed by atoms with Crippen LogP contribution in [0.25, 0.3) is 0 Å². The molecule has 0 radical (unpaired) electrons. The monoisotopic (exact) mass is 323 g/mol. The summed E-state index contributed by atoms with van der Waals surface area (Å²) in [5, 5.41) is 3.16. The quantitative estimate of drug-likeness (QED) is 0.848. The highest BCUT2D eigenvalue weighted by atomic mass is 79.9. The molecule has 0 aliphatic rings. The Hall–Kier alpha value is -1.62. The molecule has 1 N–H and O–H groups in total. The molecule has 0 aliphatic heterocycles. The van der Waals surface area contributed by atoms with E-state index in [1.807, 2.05) is 24.6 Å². The standard InChI is InChI=1S/C14H15BrFN3/c1-4-5-19-8-10(3)17-14(19)18-13-7-12(16)11(15)6-9(13)2/h4,6-8H,1,5H2,2-3H3,(H,17,18). The molecule has 0 bridgehead atoms. The number of allylic oxidation sites excluding steroid dienone is 1. The van der Waals surface area contributed by atoms with Crippen molar-refractivity contribution in [1.82, 2.24) is 9.55 Å². The van der Waals surface area contributed by atoms with E-state index in [4.69, 9.17) is 0 Å². The lowest BCUT2D eigenvalue weighted by molar-refractivity contribution is 0.621. The Morgan fingerprint density at radius 1 is 1.47 bits per heavy atom. The van der Waals surface area contributed by atoms with Gasteiger partial charge >= 0.3 is 0 Å². The minimum atomic E-state index is -0.299. The highest BCUT2D eigenvalue weighted by Gasteiger charge is 2.09. The van der Waals surface area contributed by atoms with Crippen LogP contribution >= 0.6 is 15.9 Å². The van der Waals surface area contributed by atoms with Crippen LogP contribution in [0.1, 0.15) is 11.3 Å². The average Bonchev–Trinajstić information content (AvgIpc) is 2.67. The molecule has 2 rings (SSSR count). The molecule has 3 nitrogen and oxygen atoms in total. The third kappa shape index (κ3) is 3.04. The average molecular weight is 324 g/mol. The number of nitrogens with one attached hydrogen (secondary N) is 1. The second-order valence-corrected chi connectivity index (χ2v) is 5.21. The number of hydrogen-bond donors (Lipinski definition) is 1. The lowest BCUT2D eigenvalue weighted by Gasteiger charge is -2.11. The summed E-state index contributed by atoms with van der Waals surface area (Å²) in [4.78, 5) is 4.39. The van der Waals surface area contributed by atoms with Crippen molar-refractivity contribution in [2.24, 2.45) is 0 Å². The van der Waals surface area contributed by atoms with Gasteiger partial charge in [0.1, 0.15) is 5.82 Å². The largest absolute Gasteiger partial charge is 0.325 e. The topological polar surface area (TPSA) is 29.9 Å². The maximum absolute atomic E-state index is 13.6. The Balaban J connectivity index is 2.35. The van der Waals surface area contributed by atoms with Gasteiger partial charge in [0, 0.05) is 18.4 Å². The van der Waals surface area contributed by atoms with Crippen molar-refractivity contribution in [3.05, 3.63) is 52.5 Å². The Labute approximate surface area is 120 Å². The second kappa shape index (κ2) is 5.57. The summed E-state index contributed by atoms with van der Waals surface area (Å²) in [5.41, 5.74) is 2.55. The normalized spacial score (nSPS) is 10.5. The van der Waals surface area contributed by atoms with Crippen LogP contribution < -0.4 is 5.32 Å². The van der Waals surface area contributed by atoms with E-state index < -0.39 is 0 Å². The molecule has 1 aromatic carbocycles. The Morgan fingerprint density at radius 2 is 2.21 bits per heavy atom. The van der Waals surface area contributed by atoms with Crippen LogP contribution in [0.3, 0.4) is 0 Å². The van der Waals surface area contributed by atoms with Crippen molar-refractivity contribution in [3.8, 4) is 0 Å². The molecule has 0 fully saturated rings. The van der Waals surface area contributed by atoms with E-state index in [9.17, 15) is 4.39 Å². The fourth-order valence-corrected chi connectivity index (χ4v) is 2.28. The van der Waals surface area contributed by atoms with Crippen LogP contribution in [0, 0.1) is 19.7 Å². The third-order valence-electron chi connectivity index (χ3n) is 2.74. The predicted molar refractivity (Wildman–Crippen MR) is 79.3 cm³/mol. The van der Waals surface area contributed by atoms with Gasteiger partial charge in [-0.1, -0.05) is 6.08 Å². The number of anilines is 2. The molecule has 0 saturated heterocycles. The first kappa shape index (κ1) is 13.8. The van der Waals surface area contributed by atoms with Crippen LogP contribution in [0.4, 0.5) is 16.0 Å². The van der Waals surface area contributed by atoms with Gasteiger partial charge in [0.25, 0.3) is 0 Å². The van der Waals surface area contributed by atoms with Crippen LogP contribution in [-0.2, 0) is 6.54 Å². The van der Waals surface area contributed by atoms with E-state index in [1.54, 1.807) is 12.1 Å². The van der Waals surface area contributed by atoms with E-state index in [0.717, 1.165) is 11.3 Å². The maximum Gasteiger partial charge on any atom is 0.207 e. The maximum atomic E-state index is 13.6. The zero-order chi connectivity index (χ0) is 14.0. The number of benzene rings is 1.